The highest BCUT2D eigenvalue weighted by molar-refractivity contribution is 7.89. The monoisotopic (exact) mass is 307 g/mol. The van der Waals surface area contributed by atoms with Gasteiger partial charge in [0.25, 0.3) is 0 Å². The van der Waals surface area contributed by atoms with E-state index in [0.29, 0.717) is 30.6 Å². The smallest absolute Gasteiger partial charge is 0.243 e. The van der Waals surface area contributed by atoms with Crippen molar-refractivity contribution in [3.05, 3.63) is 30.6 Å². The lowest BCUT2D eigenvalue weighted by Crippen LogP contribution is -2.32. The number of hydrogen-bond acceptors (Lipinski definition) is 5. The minimum Gasteiger partial charge on any atom is -0.494 e. The molecule has 0 aliphatic carbocycles. The molecule has 1 atom stereocenters. The van der Waals surface area contributed by atoms with Gasteiger partial charge in [-0.3, -0.25) is 4.98 Å². The van der Waals surface area contributed by atoms with Crippen LogP contribution in [0.4, 0.5) is 0 Å². The van der Waals surface area contributed by atoms with Crippen molar-refractivity contribution in [1.82, 2.24) is 9.29 Å². The Morgan fingerprint density at radius 3 is 2.86 bits per heavy atom. The molecule has 0 spiro atoms. The van der Waals surface area contributed by atoms with Crippen LogP contribution >= 0.6 is 0 Å². The van der Waals surface area contributed by atoms with Crippen LogP contribution in [-0.4, -0.2) is 43.9 Å². The second kappa shape index (κ2) is 5.25. The number of benzene rings is 1. The van der Waals surface area contributed by atoms with E-state index in [9.17, 15) is 8.42 Å². The van der Waals surface area contributed by atoms with Crippen molar-refractivity contribution >= 4 is 20.8 Å². The number of aromatic nitrogens is 1. The highest BCUT2D eigenvalue weighted by Gasteiger charge is 2.32. The number of rotatable bonds is 3. The summed E-state index contributed by atoms with van der Waals surface area (Å²) in [7, 11) is -2.08. The predicted octanol–water partition coefficient (Wildman–Crippen LogP) is 0.965. The molecule has 0 saturated carbocycles. The maximum Gasteiger partial charge on any atom is 0.243 e. The normalized spacial score (nSPS) is 20.0. The molecule has 1 aliphatic rings. The van der Waals surface area contributed by atoms with Crippen molar-refractivity contribution in [2.45, 2.75) is 17.4 Å². The first-order chi connectivity index (χ1) is 10.0. The third kappa shape index (κ3) is 2.37. The summed E-state index contributed by atoms with van der Waals surface area (Å²) in [6.45, 7) is 0.805. The van der Waals surface area contributed by atoms with Crippen molar-refractivity contribution in [2.75, 3.05) is 20.2 Å². The van der Waals surface area contributed by atoms with E-state index in [4.69, 9.17) is 10.5 Å². The first-order valence-electron chi connectivity index (χ1n) is 6.70. The molecule has 112 valence electrons. The zero-order valence-corrected chi connectivity index (χ0v) is 12.5. The average Bonchev–Trinajstić information content (AvgIpc) is 2.93. The molecular weight excluding hydrogens is 290 g/mol. The second-order valence-corrected chi connectivity index (χ2v) is 7.01. The first kappa shape index (κ1) is 14.2. The van der Waals surface area contributed by atoms with Crippen molar-refractivity contribution in [3.63, 3.8) is 0 Å². The summed E-state index contributed by atoms with van der Waals surface area (Å²) in [5.41, 5.74) is 5.83. The minimum absolute atomic E-state index is 0.0988. The molecule has 0 amide bonds. The van der Waals surface area contributed by atoms with Crippen LogP contribution in [0.25, 0.3) is 10.8 Å². The van der Waals surface area contributed by atoms with Crippen LogP contribution < -0.4 is 10.5 Å². The molecule has 6 nitrogen and oxygen atoms in total. The van der Waals surface area contributed by atoms with E-state index >= 15 is 0 Å². The number of methoxy groups -OCH3 is 1. The molecule has 2 N–H and O–H groups in total. The van der Waals surface area contributed by atoms with Gasteiger partial charge in [0.2, 0.25) is 10.0 Å². The topological polar surface area (TPSA) is 85.5 Å². The molecule has 1 fully saturated rings. The second-order valence-electron chi connectivity index (χ2n) is 5.11. The number of nitrogens with zero attached hydrogens (tertiary/aromatic N) is 2. The summed E-state index contributed by atoms with van der Waals surface area (Å²) >= 11 is 0. The van der Waals surface area contributed by atoms with Crippen LogP contribution in [0, 0.1) is 0 Å². The van der Waals surface area contributed by atoms with Gasteiger partial charge in [0.1, 0.15) is 5.75 Å². The molecule has 7 heteroatoms. The maximum absolute atomic E-state index is 12.9. The number of nitrogens with two attached hydrogens (primary N) is 1. The summed E-state index contributed by atoms with van der Waals surface area (Å²) in [5.74, 6) is 0.454. The number of ether oxygens (including phenoxy) is 1. The van der Waals surface area contributed by atoms with Crippen LogP contribution in [0.15, 0.2) is 35.5 Å². The van der Waals surface area contributed by atoms with E-state index in [1.54, 1.807) is 18.3 Å². The molecule has 2 heterocycles. The average molecular weight is 307 g/mol. The third-order valence-electron chi connectivity index (χ3n) is 3.74. The van der Waals surface area contributed by atoms with Gasteiger partial charge >= 0.3 is 0 Å². The fraction of sp³-hybridized carbons (Fsp3) is 0.357. The number of fused-ring (bicyclic) bond motifs is 1. The summed E-state index contributed by atoms with van der Waals surface area (Å²) < 4.78 is 32.4. The number of hydrogen-bond donors (Lipinski definition) is 1. The first-order valence-corrected chi connectivity index (χ1v) is 8.14. The molecule has 1 aliphatic heterocycles. The number of sulfonamides is 1. The molecule has 0 bridgehead atoms. The van der Waals surface area contributed by atoms with Gasteiger partial charge in [-0.2, -0.15) is 4.31 Å². The van der Waals surface area contributed by atoms with E-state index in [2.05, 4.69) is 4.98 Å². The highest BCUT2D eigenvalue weighted by Crippen LogP contribution is 2.33. The van der Waals surface area contributed by atoms with Gasteiger partial charge < -0.3 is 10.5 Å². The SMILES string of the molecule is COc1cncc2cccc(S(=O)(=O)N3CC[C@H](N)C3)c12. The summed E-state index contributed by atoms with van der Waals surface area (Å²) in [5, 5.41) is 1.30. The van der Waals surface area contributed by atoms with Crippen LogP contribution in [0.2, 0.25) is 0 Å². The van der Waals surface area contributed by atoms with E-state index in [1.807, 2.05) is 6.07 Å². The minimum atomic E-state index is -3.59. The molecular formula is C14H17N3O3S. The van der Waals surface area contributed by atoms with E-state index in [-0.39, 0.29) is 10.9 Å². The van der Waals surface area contributed by atoms with Gasteiger partial charge in [0.05, 0.1) is 18.2 Å². The summed E-state index contributed by atoms with van der Waals surface area (Å²) in [6, 6.07) is 5.04. The Kier molecular flexibility index (Phi) is 3.56. The summed E-state index contributed by atoms with van der Waals surface area (Å²) in [6.07, 6.45) is 3.84. The fourth-order valence-corrected chi connectivity index (χ4v) is 4.39. The van der Waals surface area contributed by atoms with Gasteiger partial charge in [0.15, 0.2) is 0 Å². The molecule has 0 radical (unpaired) electrons. The third-order valence-corrected chi connectivity index (χ3v) is 5.64. The van der Waals surface area contributed by atoms with Gasteiger partial charge in [-0.25, -0.2) is 8.42 Å². The van der Waals surface area contributed by atoms with E-state index < -0.39 is 10.0 Å². The molecule has 21 heavy (non-hydrogen) atoms. The molecule has 1 aromatic heterocycles. The molecule has 1 saturated heterocycles. The summed E-state index contributed by atoms with van der Waals surface area (Å²) in [4.78, 5) is 4.31. The maximum atomic E-state index is 12.9. The van der Waals surface area contributed by atoms with Crippen LogP contribution in [0.3, 0.4) is 0 Å². The Hall–Kier alpha value is -1.70. The van der Waals surface area contributed by atoms with Gasteiger partial charge in [-0.15, -0.1) is 0 Å². The molecule has 0 unspecified atom stereocenters. The van der Waals surface area contributed by atoms with Gasteiger partial charge in [-0.1, -0.05) is 12.1 Å². The standard InChI is InChI=1S/C14H17N3O3S/c1-20-12-8-16-7-10-3-2-4-13(14(10)12)21(18,19)17-6-5-11(15)9-17/h2-4,7-8,11H,5-6,9,15H2,1H3/t11-/m0/s1. The van der Waals surface area contributed by atoms with Crippen molar-refractivity contribution in [2.24, 2.45) is 5.73 Å². The largest absolute Gasteiger partial charge is 0.494 e. The molecule has 3 rings (SSSR count). The Morgan fingerprint density at radius 1 is 1.38 bits per heavy atom. The highest BCUT2D eigenvalue weighted by atomic mass is 32.2. The van der Waals surface area contributed by atoms with Gasteiger partial charge in [-0.05, 0) is 12.5 Å². The Morgan fingerprint density at radius 2 is 2.19 bits per heavy atom. The fourth-order valence-electron chi connectivity index (χ4n) is 2.65. The van der Waals surface area contributed by atoms with E-state index in [0.717, 1.165) is 5.39 Å². The Bertz CT molecular complexity index is 771. The quantitative estimate of drug-likeness (QED) is 0.913. The lowest BCUT2D eigenvalue weighted by molar-refractivity contribution is 0.417. The Labute approximate surface area is 123 Å². The zero-order valence-electron chi connectivity index (χ0n) is 11.7. The van der Waals surface area contributed by atoms with Crippen LogP contribution in [0.5, 0.6) is 5.75 Å². The van der Waals surface area contributed by atoms with Crippen molar-refractivity contribution in [1.29, 1.82) is 0 Å². The lowest BCUT2D eigenvalue weighted by Gasteiger charge is -2.18. The van der Waals surface area contributed by atoms with Crippen LogP contribution in [-0.2, 0) is 10.0 Å². The van der Waals surface area contributed by atoms with Crippen molar-refractivity contribution in [3.8, 4) is 5.75 Å². The van der Waals surface area contributed by atoms with Crippen LogP contribution in [0.1, 0.15) is 6.42 Å². The Balaban J connectivity index is 2.20. The predicted molar refractivity (Wildman–Crippen MR) is 79.6 cm³/mol. The zero-order chi connectivity index (χ0) is 15.0. The lowest BCUT2D eigenvalue weighted by atomic mass is 10.2. The molecule has 1 aromatic carbocycles. The molecule has 2 aromatic rings. The van der Waals surface area contributed by atoms with E-state index in [1.165, 1.54) is 17.6 Å². The number of pyridine rings is 1. The van der Waals surface area contributed by atoms with Crippen molar-refractivity contribution < 1.29 is 13.2 Å². The van der Waals surface area contributed by atoms with Gasteiger partial charge in [0, 0.05) is 36.1 Å².